The zero-order chi connectivity index (χ0) is 22.1. The van der Waals surface area contributed by atoms with Crippen molar-refractivity contribution in [2.45, 2.75) is 18.1 Å². The molecule has 2 fully saturated rings. The van der Waals surface area contributed by atoms with E-state index in [1.165, 1.54) is 16.4 Å². The van der Waals surface area contributed by atoms with Crippen LogP contribution in [0.5, 0.6) is 5.75 Å². The maximum absolute atomic E-state index is 15.4. The Morgan fingerprint density at radius 2 is 1.90 bits per heavy atom. The van der Waals surface area contributed by atoms with Gasteiger partial charge in [0.2, 0.25) is 10.0 Å². The molecule has 1 saturated heterocycles. The van der Waals surface area contributed by atoms with Gasteiger partial charge in [0, 0.05) is 18.5 Å². The molecule has 12 heteroatoms. The first-order valence-electron chi connectivity index (χ1n) is 9.55. The number of carbonyl (C=O) groups excluding carboxylic acids is 1. The Morgan fingerprint density at radius 3 is 2.55 bits per heavy atom. The molecule has 2 aromatic rings. The number of rotatable bonds is 4. The van der Waals surface area contributed by atoms with Gasteiger partial charge in [0.15, 0.2) is 5.82 Å². The predicted molar refractivity (Wildman–Crippen MR) is 111 cm³/mol. The number of phenolic OH excluding ortho intramolecular Hbond substituents is 1. The van der Waals surface area contributed by atoms with Gasteiger partial charge in [-0.05, 0) is 41.5 Å². The monoisotopic (exact) mass is 467 g/mol. The van der Waals surface area contributed by atoms with Crippen LogP contribution in [0.2, 0.25) is 0 Å². The van der Waals surface area contributed by atoms with Crippen molar-refractivity contribution in [2.75, 3.05) is 23.9 Å². The van der Waals surface area contributed by atoms with Crippen LogP contribution in [0, 0.1) is 5.82 Å². The van der Waals surface area contributed by atoms with Crippen molar-refractivity contribution in [1.29, 1.82) is 0 Å². The number of hydrogen-bond acceptors (Lipinski definition) is 6. The molecule has 0 aromatic heterocycles. The fraction of sp³-hybridized carbons (Fsp3) is 0.316. The number of nitrogens with one attached hydrogen (secondary N) is 1. The highest BCUT2D eigenvalue weighted by atomic mass is 32.2. The van der Waals surface area contributed by atoms with E-state index < -0.39 is 49.9 Å². The van der Waals surface area contributed by atoms with Gasteiger partial charge in [0.1, 0.15) is 18.0 Å². The lowest BCUT2D eigenvalue weighted by atomic mass is 10.0. The number of fused-ring (bicyclic) bond motifs is 1. The van der Waals surface area contributed by atoms with Crippen LogP contribution in [0.3, 0.4) is 0 Å². The van der Waals surface area contributed by atoms with Gasteiger partial charge in [0.05, 0.1) is 5.25 Å². The SMILES string of the molecule is O=C1CN(c2c(O)cc3ccc(C4=CCN(S(=O)(=O)C5CC5)C4)cc3c2F)S(=O)(=O)N1. The number of carbonyl (C=O) groups is 1. The van der Waals surface area contributed by atoms with E-state index in [0.717, 1.165) is 0 Å². The molecule has 0 atom stereocenters. The number of sulfonamides is 1. The molecule has 2 aromatic carbocycles. The zero-order valence-electron chi connectivity index (χ0n) is 16.1. The van der Waals surface area contributed by atoms with E-state index in [0.29, 0.717) is 33.7 Å². The quantitative estimate of drug-likeness (QED) is 0.693. The van der Waals surface area contributed by atoms with Gasteiger partial charge in [-0.2, -0.15) is 12.7 Å². The molecule has 0 bridgehead atoms. The summed E-state index contributed by atoms with van der Waals surface area (Å²) in [5.41, 5.74) is 0.696. The third kappa shape index (κ3) is 3.25. The lowest BCUT2D eigenvalue weighted by molar-refractivity contribution is -0.117. The van der Waals surface area contributed by atoms with E-state index in [1.54, 1.807) is 22.9 Å². The zero-order valence-corrected chi connectivity index (χ0v) is 17.7. The second kappa shape index (κ2) is 6.65. The van der Waals surface area contributed by atoms with E-state index in [9.17, 15) is 26.7 Å². The minimum atomic E-state index is -4.31. The number of aromatic hydroxyl groups is 1. The summed E-state index contributed by atoms with van der Waals surface area (Å²) >= 11 is 0. The Bertz CT molecular complexity index is 1380. The standard InChI is InChI=1S/C19H18FN3O6S2/c20-18-15-7-11(13-5-6-22(9-13)30(26,27)14-3-4-14)1-2-12(15)8-16(24)19(18)23-10-17(25)21-31(23,28)29/h1-2,5,7-8,14,24H,3-4,6,9-10H2,(H,21,25). The Balaban J connectivity index is 1.54. The molecule has 2 N–H and O–H groups in total. The van der Waals surface area contributed by atoms with Crippen LogP contribution >= 0.6 is 0 Å². The van der Waals surface area contributed by atoms with Crippen molar-refractivity contribution in [3.63, 3.8) is 0 Å². The topological polar surface area (TPSA) is 124 Å². The first-order valence-corrected chi connectivity index (χ1v) is 12.5. The van der Waals surface area contributed by atoms with Gasteiger partial charge in [-0.25, -0.2) is 21.8 Å². The van der Waals surface area contributed by atoms with Gasteiger partial charge in [-0.1, -0.05) is 18.2 Å². The van der Waals surface area contributed by atoms with Crippen molar-refractivity contribution < 1.29 is 31.1 Å². The second-order valence-electron chi connectivity index (χ2n) is 7.80. The van der Waals surface area contributed by atoms with Crippen LogP contribution in [0.1, 0.15) is 18.4 Å². The average molecular weight is 468 g/mol. The number of halogens is 1. The average Bonchev–Trinajstić information content (AvgIpc) is 3.37. The highest BCUT2D eigenvalue weighted by Crippen LogP contribution is 2.40. The van der Waals surface area contributed by atoms with Crippen LogP contribution in [0.15, 0.2) is 30.3 Å². The van der Waals surface area contributed by atoms with E-state index in [2.05, 4.69) is 0 Å². The highest BCUT2D eigenvalue weighted by Gasteiger charge is 2.41. The summed E-state index contributed by atoms with van der Waals surface area (Å²) in [5.74, 6) is -2.43. The number of phenols is 1. The molecule has 0 radical (unpaired) electrons. The summed E-state index contributed by atoms with van der Waals surface area (Å²) in [4.78, 5) is 11.5. The third-order valence-electron chi connectivity index (χ3n) is 5.67. The van der Waals surface area contributed by atoms with E-state index in [-0.39, 0.29) is 23.7 Å². The first-order chi connectivity index (χ1) is 14.6. The Morgan fingerprint density at radius 1 is 1.16 bits per heavy atom. The van der Waals surface area contributed by atoms with Gasteiger partial charge < -0.3 is 5.11 Å². The Labute approximate surface area is 178 Å². The molecule has 3 aliphatic rings. The van der Waals surface area contributed by atoms with Crippen molar-refractivity contribution in [3.05, 3.63) is 41.7 Å². The Hall–Kier alpha value is -2.70. The van der Waals surface area contributed by atoms with E-state index in [1.807, 2.05) is 0 Å². The van der Waals surface area contributed by atoms with E-state index in [4.69, 9.17) is 0 Å². The van der Waals surface area contributed by atoms with Crippen molar-refractivity contribution >= 4 is 48.2 Å². The lowest BCUT2D eigenvalue weighted by Gasteiger charge is -2.19. The maximum atomic E-state index is 15.4. The molecule has 0 unspecified atom stereocenters. The minimum Gasteiger partial charge on any atom is -0.506 e. The van der Waals surface area contributed by atoms with Crippen LogP contribution in [-0.4, -0.2) is 57.0 Å². The van der Waals surface area contributed by atoms with E-state index >= 15 is 4.39 Å². The largest absolute Gasteiger partial charge is 0.506 e. The number of anilines is 1. The Kier molecular flexibility index (Phi) is 4.33. The molecule has 164 valence electrons. The van der Waals surface area contributed by atoms with Crippen molar-refractivity contribution in [3.8, 4) is 5.75 Å². The molecule has 1 saturated carbocycles. The van der Waals surface area contributed by atoms with Gasteiger partial charge in [-0.3, -0.25) is 4.79 Å². The maximum Gasteiger partial charge on any atom is 0.326 e. The summed E-state index contributed by atoms with van der Waals surface area (Å²) in [6.45, 7) is -0.220. The molecule has 9 nitrogen and oxygen atoms in total. The molecule has 5 rings (SSSR count). The van der Waals surface area contributed by atoms with Crippen LogP contribution in [0.4, 0.5) is 10.1 Å². The molecular weight excluding hydrogens is 449 g/mol. The summed E-state index contributed by atoms with van der Waals surface area (Å²) in [6, 6.07) is 5.98. The van der Waals surface area contributed by atoms with Crippen LogP contribution < -0.4 is 9.03 Å². The fourth-order valence-electron chi connectivity index (χ4n) is 3.92. The summed E-state index contributed by atoms with van der Waals surface area (Å²) in [7, 11) is -7.64. The summed E-state index contributed by atoms with van der Waals surface area (Å²) in [5, 5.41) is 10.3. The number of benzene rings is 2. The normalized spacial score (nSPS) is 21.5. The van der Waals surface area contributed by atoms with Crippen LogP contribution in [0.25, 0.3) is 16.3 Å². The fourth-order valence-corrected chi connectivity index (χ4v) is 6.84. The predicted octanol–water partition coefficient (Wildman–Crippen LogP) is 1.06. The van der Waals surface area contributed by atoms with Crippen molar-refractivity contribution in [2.24, 2.45) is 0 Å². The van der Waals surface area contributed by atoms with Crippen molar-refractivity contribution in [1.82, 2.24) is 9.03 Å². The number of hydrogen-bond donors (Lipinski definition) is 2. The molecule has 1 amide bonds. The molecule has 2 aliphatic heterocycles. The number of amides is 1. The van der Waals surface area contributed by atoms with Gasteiger partial charge in [-0.15, -0.1) is 0 Å². The molecular formula is C19H18FN3O6S2. The highest BCUT2D eigenvalue weighted by molar-refractivity contribution is 7.92. The van der Waals surface area contributed by atoms with Gasteiger partial charge >= 0.3 is 10.2 Å². The van der Waals surface area contributed by atoms with Crippen LogP contribution in [-0.2, 0) is 25.0 Å². The summed E-state index contributed by atoms with van der Waals surface area (Å²) in [6.07, 6.45) is 3.10. The first kappa shape index (κ1) is 20.2. The third-order valence-corrected chi connectivity index (χ3v) is 9.36. The smallest absolute Gasteiger partial charge is 0.326 e. The molecule has 2 heterocycles. The minimum absolute atomic E-state index is 0.0456. The second-order valence-corrected chi connectivity index (χ2v) is 11.6. The van der Waals surface area contributed by atoms with Gasteiger partial charge in [0.25, 0.3) is 5.91 Å². The number of nitrogens with zero attached hydrogens (tertiary/aromatic N) is 2. The lowest BCUT2D eigenvalue weighted by Crippen LogP contribution is -2.31. The molecule has 31 heavy (non-hydrogen) atoms. The molecule has 0 spiro atoms. The molecule has 1 aliphatic carbocycles. The summed E-state index contributed by atoms with van der Waals surface area (Å²) < 4.78 is 68.2.